The summed E-state index contributed by atoms with van der Waals surface area (Å²) >= 11 is 5.65. The highest BCUT2D eigenvalue weighted by Gasteiger charge is 2.13. The Morgan fingerprint density at radius 2 is 2.16 bits per heavy atom. The van der Waals surface area contributed by atoms with Gasteiger partial charge in [0.05, 0.1) is 12.2 Å². The van der Waals surface area contributed by atoms with Gasteiger partial charge in [-0.25, -0.2) is 0 Å². The van der Waals surface area contributed by atoms with Crippen LogP contribution in [0.1, 0.15) is 24.2 Å². The SMILES string of the molecule is CCN(Cc1cccc(C)n1)c1nnc(CCCl)o1. The minimum absolute atomic E-state index is 0.479. The summed E-state index contributed by atoms with van der Waals surface area (Å²) in [7, 11) is 0. The quantitative estimate of drug-likeness (QED) is 0.761. The van der Waals surface area contributed by atoms with Crippen molar-refractivity contribution in [2.45, 2.75) is 26.8 Å². The number of hydrogen-bond donors (Lipinski definition) is 0. The number of aryl methyl sites for hydroxylation is 2. The van der Waals surface area contributed by atoms with Gasteiger partial charge in [-0.1, -0.05) is 11.2 Å². The van der Waals surface area contributed by atoms with Crippen molar-refractivity contribution in [2.24, 2.45) is 0 Å². The largest absolute Gasteiger partial charge is 0.408 e. The number of alkyl halides is 1. The molecule has 0 fully saturated rings. The Morgan fingerprint density at radius 3 is 2.84 bits per heavy atom. The summed E-state index contributed by atoms with van der Waals surface area (Å²) < 4.78 is 5.57. The Labute approximate surface area is 117 Å². The van der Waals surface area contributed by atoms with Crippen molar-refractivity contribution >= 4 is 17.6 Å². The molecule has 0 aromatic carbocycles. The Morgan fingerprint density at radius 1 is 1.32 bits per heavy atom. The molecule has 0 aliphatic heterocycles. The second-order valence-electron chi connectivity index (χ2n) is 4.20. The lowest BCUT2D eigenvalue weighted by Gasteiger charge is -2.17. The van der Waals surface area contributed by atoms with Gasteiger partial charge < -0.3 is 9.32 Å². The van der Waals surface area contributed by atoms with E-state index in [0.717, 1.165) is 17.9 Å². The van der Waals surface area contributed by atoms with Crippen LogP contribution in [-0.4, -0.2) is 27.6 Å². The molecule has 0 aliphatic rings. The van der Waals surface area contributed by atoms with Gasteiger partial charge >= 0.3 is 6.01 Å². The summed E-state index contributed by atoms with van der Waals surface area (Å²) in [5, 5.41) is 8.02. The van der Waals surface area contributed by atoms with Gasteiger partial charge in [0.25, 0.3) is 0 Å². The van der Waals surface area contributed by atoms with E-state index in [1.165, 1.54) is 0 Å². The van der Waals surface area contributed by atoms with E-state index in [2.05, 4.69) is 15.2 Å². The molecule has 0 N–H and O–H groups in total. The topological polar surface area (TPSA) is 55.1 Å². The lowest BCUT2D eigenvalue weighted by Crippen LogP contribution is -2.23. The van der Waals surface area contributed by atoms with Gasteiger partial charge in [0.15, 0.2) is 0 Å². The summed E-state index contributed by atoms with van der Waals surface area (Å²) in [6.07, 6.45) is 0.592. The van der Waals surface area contributed by atoms with Crippen molar-refractivity contribution in [1.29, 1.82) is 0 Å². The first-order valence-electron chi connectivity index (χ1n) is 6.28. The number of hydrogen-bond acceptors (Lipinski definition) is 5. The Bertz CT molecular complexity index is 529. The predicted molar refractivity (Wildman–Crippen MR) is 74.4 cm³/mol. The standard InChI is InChI=1S/C13H17ClN4O/c1-3-18(9-11-6-4-5-10(2)15-11)13-17-16-12(19-13)7-8-14/h4-6H,3,7-9H2,1-2H3. The molecule has 0 aliphatic carbocycles. The third kappa shape index (κ3) is 3.67. The van der Waals surface area contributed by atoms with Crippen LogP contribution in [-0.2, 0) is 13.0 Å². The Kier molecular flexibility index (Phi) is 4.74. The molecule has 0 unspecified atom stereocenters. The first-order chi connectivity index (χ1) is 9.22. The lowest BCUT2D eigenvalue weighted by atomic mass is 10.3. The van der Waals surface area contributed by atoms with Crippen LogP contribution in [0.3, 0.4) is 0 Å². The first kappa shape index (κ1) is 13.8. The van der Waals surface area contributed by atoms with Gasteiger partial charge in [0.2, 0.25) is 5.89 Å². The normalized spacial score (nSPS) is 10.7. The van der Waals surface area contributed by atoms with Crippen molar-refractivity contribution < 1.29 is 4.42 Å². The summed E-state index contributed by atoms with van der Waals surface area (Å²) in [5.74, 6) is 1.05. The molecule has 0 bridgehead atoms. The van der Waals surface area contributed by atoms with E-state index in [0.29, 0.717) is 30.8 Å². The summed E-state index contributed by atoms with van der Waals surface area (Å²) in [4.78, 5) is 6.47. The van der Waals surface area contributed by atoms with Crippen LogP contribution >= 0.6 is 11.6 Å². The molecule has 0 saturated carbocycles. The van der Waals surface area contributed by atoms with E-state index in [4.69, 9.17) is 16.0 Å². The molecule has 5 nitrogen and oxygen atoms in total. The highest BCUT2D eigenvalue weighted by atomic mass is 35.5. The second-order valence-corrected chi connectivity index (χ2v) is 4.58. The maximum atomic E-state index is 5.65. The van der Waals surface area contributed by atoms with E-state index in [1.807, 2.05) is 36.9 Å². The monoisotopic (exact) mass is 280 g/mol. The lowest BCUT2D eigenvalue weighted by molar-refractivity contribution is 0.488. The molecular weight excluding hydrogens is 264 g/mol. The van der Waals surface area contributed by atoms with Crippen molar-refractivity contribution in [2.75, 3.05) is 17.3 Å². The van der Waals surface area contributed by atoms with Crippen LogP contribution in [0, 0.1) is 6.92 Å². The van der Waals surface area contributed by atoms with E-state index in [9.17, 15) is 0 Å². The molecule has 2 aromatic heterocycles. The van der Waals surface area contributed by atoms with Gasteiger partial charge in [-0.3, -0.25) is 4.98 Å². The highest BCUT2D eigenvalue weighted by Crippen LogP contribution is 2.15. The van der Waals surface area contributed by atoms with Crippen molar-refractivity contribution in [3.63, 3.8) is 0 Å². The molecular formula is C13H17ClN4O. The zero-order valence-corrected chi connectivity index (χ0v) is 11.9. The number of pyridine rings is 1. The fraction of sp³-hybridized carbons (Fsp3) is 0.462. The molecule has 2 rings (SSSR count). The number of rotatable bonds is 6. The summed E-state index contributed by atoms with van der Waals surface area (Å²) in [5.41, 5.74) is 1.99. The molecule has 2 heterocycles. The van der Waals surface area contributed by atoms with E-state index < -0.39 is 0 Å². The second kappa shape index (κ2) is 6.52. The smallest absolute Gasteiger partial charge is 0.318 e. The molecule has 2 aromatic rings. The average molecular weight is 281 g/mol. The minimum atomic E-state index is 0.479. The third-order valence-corrected chi connectivity index (χ3v) is 2.90. The highest BCUT2D eigenvalue weighted by molar-refractivity contribution is 6.17. The van der Waals surface area contributed by atoms with E-state index in [-0.39, 0.29) is 0 Å². The van der Waals surface area contributed by atoms with Gasteiger partial charge in [-0.05, 0) is 26.0 Å². The third-order valence-electron chi connectivity index (χ3n) is 2.72. The number of aromatic nitrogens is 3. The first-order valence-corrected chi connectivity index (χ1v) is 6.82. The molecule has 102 valence electrons. The fourth-order valence-corrected chi connectivity index (χ4v) is 1.91. The Balaban J connectivity index is 2.10. The molecule has 0 amide bonds. The zero-order valence-electron chi connectivity index (χ0n) is 11.1. The summed E-state index contributed by atoms with van der Waals surface area (Å²) in [6, 6.07) is 6.49. The molecule has 19 heavy (non-hydrogen) atoms. The van der Waals surface area contributed by atoms with Crippen LogP contribution in [0.2, 0.25) is 0 Å². The van der Waals surface area contributed by atoms with Crippen LogP contribution in [0.25, 0.3) is 0 Å². The van der Waals surface area contributed by atoms with Crippen LogP contribution in [0.15, 0.2) is 22.6 Å². The minimum Gasteiger partial charge on any atom is -0.408 e. The summed E-state index contributed by atoms with van der Waals surface area (Å²) in [6.45, 7) is 5.45. The van der Waals surface area contributed by atoms with Crippen LogP contribution in [0.4, 0.5) is 6.01 Å². The van der Waals surface area contributed by atoms with Gasteiger partial charge in [0, 0.05) is 24.5 Å². The predicted octanol–water partition coefficient (Wildman–Crippen LogP) is 2.58. The maximum absolute atomic E-state index is 5.65. The van der Waals surface area contributed by atoms with Gasteiger partial charge in [-0.2, -0.15) is 0 Å². The number of nitrogens with zero attached hydrogens (tertiary/aromatic N) is 4. The van der Waals surface area contributed by atoms with Crippen molar-refractivity contribution in [3.8, 4) is 0 Å². The zero-order chi connectivity index (χ0) is 13.7. The average Bonchev–Trinajstić information content (AvgIpc) is 2.85. The Hall–Kier alpha value is -1.62. The van der Waals surface area contributed by atoms with Crippen LogP contribution < -0.4 is 4.90 Å². The maximum Gasteiger partial charge on any atom is 0.318 e. The van der Waals surface area contributed by atoms with Crippen molar-refractivity contribution in [1.82, 2.24) is 15.2 Å². The fourth-order valence-electron chi connectivity index (χ4n) is 1.75. The molecule has 0 saturated heterocycles. The molecule has 6 heteroatoms. The van der Waals surface area contributed by atoms with Crippen molar-refractivity contribution in [3.05, 3.63) is 35.5 Å². The number of halogens is 1. The van der Waals surface area contributed by atoms with E-state index in [1.54, 1.807) is 0 Å². The molecule has 0 radical (unpaired) electrons. The van der Waals surface area contributed by atoms with E-state index >= 15 is 0 Å². The molecule has 0 spiro atoms. The number of anilines is 1. The van der Waals surface area contributed by atoms with Gasteiger partial charge in [0.1, 0.15) is 0 Å². The van der Waals surface area contributed by atoms with Gasteiger partial charge in [-0.15, -0.1) is 16.7 Å². The molecule has 0 atom stereocenters. The van der Waals surface area contributed by atoms with Crippen LogP contribution in [0.5, 0.6) is 0 Å².